The molecular weight excluding hydrogens is 352 g/mol. The van der Waals surface area contributed by atoms with Gasteiger partial charge in [0, 0.05) is 18.3 Å². The molecule has 1 aromatic heterocycles. The van der Waals surface area contributed by atoms with Crippen molar-refractivity contribution in [3.63, 3.8) is 0 Å². The fraction of sp³-hybridized carbons (Fsp3) is 0.455. The summed E-state index contributed by atoms with van der Waals surface area (Å²) >= 11 is 0. The number of aromatic nitrogens is 2. The summed E-state index contributed by atoms with van der Waals surface area (Å²) in [5.74, 6) is 3.13. The third kappa shape index (κ3) is 6.44. The van der Waals surface area contributed by atoms with E-state index in [1.54, 1.807) is 12.7 Å². The smallest absolute Gasteiger partial charge is 0.224 e. The Bertz CT molecular complexity index is 775. The maximum Gasteiger partial charge on any atom is 0.224 e. The average molecular weight is 383 g/mol. The molecule has 0 aliphatic heterocycles. The van der Waals surface area contributed by atoms with Crippen LogP contribution in [0.2, 0.25) is 0 Å². The van der Waals surface area contributed by atoms with Crippen molar-refractivity contribution in [2.24, 2.45) is 0 Å². The summed E-state index contributed by atoms with van der Waals surface area (Å²) in [7, 11) is 1.65. The highest BCUT2D eigenvalue weighted by Crippen LogP contribution is 2.20. The normalized spacial score (nSPS) is 13.6. The first kappa shape index (κ1) is 20.0. The summed E-state index contributed by atoms with van der Waals surface area (Å²) in [6.45, 7) is 4.06. The molecule has 0 unspecified atom stereocenters. The van der Waals surface area contributed by atoms with Crippen molar-refractivity contribution in [3.05, 3.63) is 47.7 Å². The van der Waals surface area contributed by atoms with Gasteiger partial charge in [-0.05, 0) is 63.3 Å². The van der Waals surface area contributed by atoms with E-state index in [2.05, 4.69) is 26.7 Å². The molecule has 0 bridgehead atoms. The minimum absolute atomic E-state index is 0.548. The number of nitrogens with one attached hydrogen (secondary N) is 2. The third-order valence-corrected chi connectivity index (χ3v) is 4.70. The minimum atomic E-state index is 0.548. The van der Waals surface area contributed by atoms with Gasteiger partial charge in [0.1, 0.15) is 23.9 Å². The zero-order chi connectivity index (χ0) is 19.6. The van der Waals surface area contributed by atoms with Crippen molar-refractivity contribution in [2.45, 2.75) is 39.0 Å². The molecule has 1 heterocycles. The van der Waals surface area contributed by atoms with Crippen LogP contribution in [0.1, 0.15) is 37.8 Å². The van der Waals surface area contributed by atoms with Crippen LogP contribution in [0.3, 0.4) is 0 Å². The second-order valence-corrected chi connectivity index (χ2v) is 6.95. The molecule has 0 amide bonds. The molecule has 150 valence electrons. The molecule has 6 nitrogen and oxygen atoms in total. The highest BCUT2D eigenvalue weighted by molar-refractivity contribution is 5.42. The van der Waals surface area contributed by atoms with E-state index >= 15 is 0 Å². The Kier molecular flexibility index (Phi) is 7.53. The lowest BCUT2D eigenvalue weighted by molar-refractivity contribution is 0.331. The molecule has 28 heavy (non-hydrogen) atoms. The van der Waals surface area contributed by atoms with Gasteiger partial charge in [-0.15, -0.1) is 0 Å². The van der Waals surface area contributed by atoms with Gasteiger partial charge in [0.25, 0.3) is 0 Å². The Hall–Kier alpha value is -2.76. The maximum absolute atomic E-state index is 5.74. The predicted molar refractivity (Wildman–Crippen MR) is 113 cm³/mol. The van der Waals surface area contributed by atoms with Gasteiger partial charge >= 0.3 is 0 Å². The van der Waals surface area contributed by atoms with Gasteiger partial charge in [0.2, 0.25) is 5.95 Å². The number of benzene rings is 1. The summed E-state index contributed by atoms with van der Waals surface area (Å²) in [5, 5.41) is 6.66. The summed E-state index contributed by atoms with van der Waals surface area (Å²) in [6, 6.07) is 9.52. The first-order valence-electron chi connectivity index (χ1n) is 10.0. The lowest BCUT2D eigenvalue weighted by Crippen LogP contribution is -2.14. The molecule has 6 heteroatoms. The van der Waals surface area contributed by atoms with Crippen LogP contribution in [0.25, 0.3) is 0 Å². The van der Waals surface area contributed by atoms with E-state index in [0.717, 1.165) is 36.0 Å². The van der Waals surface area contributed by atoms with Crippen molar-refractivity contribution >= 4 is 11.8 Å². The summed E-state index contributed by atoms with van der Waals surface area (Å²) < 4.78 is 10.9. The van der Waals surface area contributed by atoms with Crippen LogP contribution in [-0.2, 0) is 0 Å². The molecule has 3 rings (SSSR count). The SMILES string of the molecule is COc1ccc(OCCNc2cc(C)nc(NCCC3=CCCCC3)n2)cc1. The second kappa shape index (κ2) is 10.5. The van der Waals surface area contributed by atoms with Crippen LogP contribution in [0.15, 0.2) is 42.0 Å². The standard InChI is InChI=1S/C22H30N4O2/c1-17-16-21(23-14-15-28-20-10-8-19(27-2)9-11-20)26-22(25-17)24-13-12-18-6-4-3-5-7-18/h6,8-11,16H,3-5,7,12-15H2,1-2H3,(H2,23,24,25,26). The van der Waals surface area contributed by atoms with Crippen LogP contribution in [0.5, 0.6) is 11.5 Å². The first-order valence-corrected chi connectivity index (χ1v) is 10.0. The number of hydrogen-bond acceptors (Lipinski definition) is 6. The lowest BCUT2D eigenvalue weighted by atomic mass is 9.97. The Morgan fingerprint density at radius 3 is 2.57 bits per heavy atom. The lowest BCUT2D eigenvalue weighted by Gasteiger charge is -2.14. The fourth-order valence-electron chi connectivity index (χ4n) is 3.22. The molecule has 1 aliphatic carbocycles. The zero-order valence-electron chi connectivity index (χ0n) is 16.8. The molecule has 1 aromatic carbocycles. The van der Waals surface area contributed by atoms with Crippen LogP contribution >= 0.6 is 0 Å². The number of hydrogen-bond donors (Lipinski definition) is 2. The molecule has 2 N–H and O–H groups in total. The van der Waals surface area contributed by atoms with Crippen LogP contribution in [-0.4, -0.2) is 36.8 Å². The second-order valence-electron chi connectivity index (χ2n) is 6.95. The van der Waals surface area contributed by atoms with Crippen LogP contribution < -0.4 is 20.1 Å². The third-order valence-electron chi connectivity index (χ3n) is 4.70. The van der Waals surface area contributed by atoms with E-state index in [4.69, 9.17) is 9.47 Å². The number of allylic oxidation sites excluding steroid dienone is 1. The Morgan fingerprint density at radius 1 is 1.00 bits per heavy atom. The number of anilines is 2. The maximum atomic E-state index is 5.74. The van der Waals surface area contributed by atoms with Crippen LogP contribution in [0.4, 0.5) is 11.8 Å². The van der Waals surface area contributed by atoms with Crippen molar-refractivity contribution in [3.8, 4) is 11.5 Å². The molecule has 0 atom stereocenters. The van der Waals surface area contributed by atoms with E-state index in [-0.39, 0.29) is 0 Å². The number of ether oxygens (including phenoxy) is 2. The molecule has 0 fully saturated rings. The summed E-state index contributed by atoms with van der Waals surface area (Å²) in [5.41, 5.74) is 2.49. The highest BCUT2D eigenvalue weighted by Gasteiger charge is 2.05. The number of rotatable bonds is 10. The Labute approximate surface area is 167 Å². The van der Waals surface area contributed by atoms with Crippen molar-refractivity contribution in [1.29, 1.82) is 0 Å². The minimum Gasteiger partial charge on any atom is -0.497 e. The predicted octanol–water partition coefficient (Wildman–Crippen LogP) is 4.59. The molecule has 2 aromatic rings. The van der Waals surface area contributed by atoms with E-state index in [1.807, 2.05) is 37.3 Å². The van der Waals surface area contributed by atoms with Gasteiger partial charge in [0.15, 0.2) is 0 Å². The first-order chi connectivity index (χ1) is 13.7. The van der Waals surface area contributed by atoms with Gasteiger partial charge in [-0.25, -0.2) is 4.98 Å². The highest BCUT2D eigenvalue weighted by atomic mass is 16.5. The summed E-state index contributed by atoms with van der Waals surface area (Å²) in [6.07, 6.45) is 8.56. The topological polar surface area (TPSA) is 68.3 Å². The van der Waals surface area contributed by atoms with Gasteiger partial charge < -0.3 is 20.1 Å². The van der Waals surface area contributed by atoms with Crippen molar-refractivity contribution in [2.75, 3.05) is 37.4 Å². The monoisotopic (exact) mass is 382 g/mol. The van der Waals surface area contributed by atoms with Crippen molar-refractivity contribution in [1.82, 2.24) is 9.97 Å². The van der Waals surface area contributed by atoms with E-state index in [9.17, 15) is 0 Å². The fourth-order valence-corrected chi connectivity index (χ4v) is 3.22. The number of aryl methyl sites for hydroxylation is 1. The average Bonchev–Trinajstić information content (AvgIpc) is 2.72. The van der Waals surface area contributed by atoms with Gasteiger partial charge in [-0.3, -0.25) is 0 Å². The largest absolute Gasteiger partial charge is 0.497 e. The molecule has 0 radical (unpaired) electrons. The zero-order valence-corrected chi connectivity index (χ0v) is 16.8. The molecule has 0 saturated heterocycles. The van der Waals surface area contributed by atoms with E-state index in [1.165, 1.54) is 25.7 Å². The number of nitrogens with zero attached hydrogens (tertiary/aromatic N) is 2. The molecular formula is C22H30N4O2. The molecule has 0 spiro atoms. The van der Waals surface area contributed by atoms with Crippen molar-refractivity contribution < 1.29 is 9.47 Å². The quantitative estimate of drug-likeness (QED) is 0.463. The number of methoxy groups -OCH3 is 1. The van der Waals surface area contributed by atoms with Gasteiger partial charge in [0.05, 0.1) is 13.7 Å². The van der Waals surface area contributed by atoms with Crippen LogP contribution in [0, 0.1) is 6.92 Å². The molecule has 1 aliphatic rings. The van der Waals surface area contributed by atoms with Gasteiger partial charge in [-0.1, -0.05) is 11.6 Å². The molecule has 0 saturated carbocycles. The van der Waals surface area contributed by atoms with Gasteiger partial charge in [-0.2, -0.15) is 4.98 Å². The van der Waals surface area contributed by atoms with E-state index < -0.39 is 0 Å². The summed E-state index contributed by atoms with van der Waals surface area (Å²) in [4.78, 5) is 9.04. The Balaban J connectivity index is 1.42. The van der Waals surface area contributed by atoms with E-state index in [0.29, 0.717) is 19.1 Å². The Morgan fingerprint density at radius 2 is 1.82 bits per heavy atom.